The Balaban J connectivity index is 3.00. The summed E-state index contributed by atoms with van der Waals surface area (Å²) in [7, 11) is 1.41. The average molecular weight is 744 g/mol. The van der Waals surface area contributed by atoms with Crippen LogP contribution in [0.2, 0.25) is 0 Å². The van der Waals surface area contributed by atoms with Gasteiger partial charge in [0.15, 0.2) is 6.10 Å². The van der Waals surface area contributed by atoms with E-state index in [-0.39, 0.29) is 25.7 Å². The Labute approximate surface area is 208 Å². The molecule has 0 heterocycles. The molecule has 0 fully saturated rings. The van der Waals surface area contributed by atoms with Crippen LogP contribution in [0.5, 0.6) is 0 Å². The molecule has 1 unspecified atom stereocenters. The molecule has 0 aliphatic carbocycles. The Morgan fingerprint density at radius 3 is 2.28 bits per heavy atom. The van der Waals surface area contributed by atoms with Gasteiger partial charge in [0.05, 0.1) is 21.4 Å². The van der Waals surface area contributed by atoms with E-state index in [0.29, 0.717) is 18.4 Å². The molecule has 0 aliphatic rings. The fourth-order valence-corrected chi connectivity index (χ4v) is 6.22. The van der Waals surface area contributed by atoms with E-state index in [2.05, 4.69) is 33.2 Å². The normalized spacial score (nSPS) is 11.4. The van der Waals surface area contributed by atoms with E-state index in [0.717, 1.165) is 3.57 Å². The highest BCUT2D eigenvalue weighted by Gasteiger charge is 2.23. The molecule has 160 valence electrons. The minimum absolute atomic E-state index is 0.0464. The second kappa shape index (κ2) is 12.8. The fraction of sp³-hybridized carbons (Fsp3) is 0.412. The first kappa shape index (κ1) is 26.3. The van der Waals surface area contributed by atoms with Crippen LogP contribution in [-0.4, -0.2) is 56.7 Å². The van der Waals surface area contributed by atoms with Crippen molar-refractivity contribution in [1.29, 1.82) is 0 Å². The predicted molar refractivity (Wildman–Crippen MR) is 130 cm³/mol. The van der Waals surface area contributed by atoms with Crippen molar-refractivity contribution in [2.45, 2.75) is 20.0 Å². The van der Waals surface area contributed by atoms with Crippen LogP contribution in [0, 0.1) is 10.7 Å². The third-order valence-corrected chi connectivity index (χ3v) is 6.01. The fourth-order valence-electron chi connectivity index (χ4n) is 2.09. The van der Waals surface area contributed by atoms with Gasteiger partial charge in [-0.25, -0.2) is 0 Å². The molecule has 0 bridgehead atoms. The molecule has 0 spiro atoms. The third-order valence-electron chi connectivity index (χ3n) is 3.23. The van der Waals surface area contributed by atoms with E-state index < -0.39 is 23.9 Å². The maximum absolute atomic E-state index is 12.8. The number of amides is 2. The molecule has 1 atom stereocenters. The number of hydrogen-bond acceptors (Lipinski definition) is 7. The van der Waals surface area contributed by atoms with Gasteiger partial charge in [-0.15, -0.1) is 0 Å². The zero-order chi connectivity index (χ0) is 22.1. The van der Waals surface area contributed by atoms with Crippen LogP contribution in [0.15, 0.2) is 6.07 Å². The van der Waals surface area contributed by atoms with Gasteiger partial charge < -0.3 is 24.8 Å². The molecule has 2 amide bonds. The number of halogens is 3. The second-order valence-electron chi connectivity index (χ2n) is 5.63. The van der Waals surface area contributed by atoms with E-state index in [9.17, 15) is 19.2 Å². The van der Waals surface area contributed by atoms with Gasteiger partial charge in [0, 0.05) is 28.1 Å². The number of rotatable bonds is 9. The summed E-state index contributed by atoms with van der Waals surface area (Å²) >= 11 is 6.10. The van der Waals surface area contributed by atoms with Crippen LogP contribution < -0.4 is 10.6 Å². The largest absolute Gasteiger partial charge is 0.462 e. The number of esters is 2. The molecule has 0 aromatic heterocycles. The number of methoxy groups -OCH3 is 1. The molecule has 0 aliphatic heterocycles. The number of benzene rings is 1. The monoisotopic (exact) mass is 744 g/mol. The molecule has 1 aromatic rings. The molecule has 0 saturated heterocycles. The Morgan fingerprint density at radius 2 is 1.72 bits per heavy atom. The Kier molecular flexibility index (Phi) is 11.6. The lowest BCUT2D eigenvalue weighted by Gasteiger charge is -2.19. The summed E-state index contributed by atoms with van der Waals surface area (Å²) in [5, 5.41) is 5.41. The van der Waals surface area contributed by atoms with Crippen molar-refractivity contribution in [1.82, 2.24) is 5.32 Å². The molecule has 0 radical (unpaired) electrons. The van der Waals surface area contributed by atoms with Crippen molar-refractivity contribution < 1.29 is 33.4 Å². The van der Waals surface area contributed by atoms with Crippen molar-refractivity contribution in [3.63, 3.8) is 0 Å². The highest BCUT2D eigenvalue weighted by molar-refractivity contribution is 14.1. The van der Waals surface area contributed by atoms with Crippen molar-refractivity contribution in [2.24, 2.45) is 0 Å². The summed E-state index contributed by atoms with van der Waals surface area (Å²) in [6.07, 6.45) is -0.819. The zero-order valence-corrected chi connectivity index (χ0v) is 22.2. The first-order valence-electron chi connectivity index (χ1n) is 8.11. The smallest absolute Gasteiger partial charge is 0.303 e. The summed E-state index contributed by atoms with van der Waals surface area (Å²) < 4.78 is 16.8. The van der Waals surface area contributed by atoms with Gasteiger partial charge in [-0.05, 0) is 73.8 Å². The van der Waals surface area contributed by atoms with E-state index in [1.807, 2.05) is 45.2 Å². The molecule has 0 saturated carbocycles. The SMILES string of the molecule is COCC(=O)Nc1c(I)cc(I)c(C(=O)NCC(COC(C)=O)OC(C)=O)c1I. The third kappa shape index (κ3) is 8.87. The first-order chi connectivity index (χ1) is 13.6. The second-order valence-corrected chi connectivity index (χ2v) is 9.03. The summed E-state index contributed by atoms with van der Waals surface area (Å²) in [5.41, 5.74) is 0.878. The Bertz CT molecular complexity index is 802. The molecular formula is C17H19I3N2O7. The minimum Gasteiger partial charge on any atom is -0.462 e. The quantitative estimate of drug-likeness (QED) is 0.295. The van der Waals surface area contributed by atoms with E-state index in [4.69, 9.17) is 14.2 Å². The number of carbonyl (C=O) groups is 4. The molecule has 1 rings (SSSR count). The number of ether oxygens (including phenoxy) is 3. The number of hydrogen-bond donors (Lipinski definition) is 2. The van der Waals surface area contributed by atoms with Crippen LogP contribution in [0.4, 0.5) is 5.69 Å². The van der Waals surface area contributed by atoms with Crippen molar-refractivity contribution in [3.05, 3.63) is 22.3 Å². The molecule has 1 aromatic carbocycles. The molecule has 9 nitrogen and oxygen atoms in total. The first-order valence-corrected chi connectivity index (χ1v) is 11.4. The Hall–Kier alpha value is -0.750. The summed E-state index contributed by atoms with van der Waals surface area (Å²) in [4.78, 5) is 46.9. The van der Waals surface area contributed by atoms with Crippen molar-refractivity contribution >= 4 is 97.2 Å². The van der Waals surface area contributed by atoms with Gasteiger partial charge in [-0.1, -0.05) is 0 Å². The summed E-state index contributed by atoms with van der Waals surface area (Å²) in [6.45, 7) is 2.13. The average Bonchev–Trinajstić information content (AvgIpc) is 2.60. The van der Waals surface area contributed by atoms with E-state index in [1.165, 1.54) is 21.0 Å². The summed E-state index contributed by atoms with van der Waals surface area (Å²) in [5.74, 6) is -1.84. The molecule has 12 heteroatoms. The van der Waals surface area contributed by atoms with Gasteiger partial charge >= 0.3 is 11.9 Å². The van der Waals surface area contributed by atoms with E-state index in [1.54, 1.807) is 6.07 Å². The maximum atomic E-state index is 12.8. The number of carbonyl (C=O) groups excluding carboxylic acids is 4. The highest BCUT2D eigenvalue weighted by Crippen LogP contribution is 2.31. The molecule has 2 N–H and O–H groups in total. The van der Waals surface area contributed by atoms with Gasteiger partial charge in [-0.2, -0.15) is 0 Å². The van der Waals surface area contributed by atoms with Crippen LogP contribution in [0.3, 0.4) is 0 Å². The van der Waals surface area contributed by atoms with Crippen molar-refractivity contribution in [3.8, 4) is 0 Å². The Morgan fingerprint density at radius 1 is 1.07 bits per heavy atom. The zero-order valence-electron chi connectivity index (χ0n) is 15.8. The summed E-state index contributed by atoms with van der Waals surface area (Å²) in [6, 6.07) is 1.77. The standard InChI is InChI=1S/C17H19I3N2O7/c1-8(23)28-6-10(29-9(2)24)5-21-17(26)14-11(18)4-12(19)16(15(14)20)22-13(25)7-27-3/h4,10H,5-7H2,1-3H3,(H,21,26)(H,22,25). The number of nitrogens with one attached hydrogen (secondary N) is 2. The lowest BCUT2D eigenvalue weighted by molar-refractivity contribution is -0.155. The van der Waals surface area contributed by atoms with Gasteiger partial charge in [0.1, 0.15) is 13.2 Å². The van der Waals surface area contributed by atoms with E-state index >= 15 is 0 Å². The molecule has 29 heavy (non-hydrogen) atoms. The topological polar surface area (TPSA) is 120 Å². The van der Waals surface area contributed by atoms with Crippen LogP contribution in [0.25, 0.3) is 0 Å². The lowest BCUT2D eigenvalue weighted by atomic mass is 10.2. The van der Waals surface area contributed by atoms with Gasteiger partial charge in [-0.3, -0.25) is 19.2 Å². The molecular weight excluding hydrogens is 725 g/mol. The van der Waals surface area contributed by atoms with Crippen LogP contribution in [-0.2, 0) is 28.6 Å². The van der Waals surface area contributed by atoms with Crippen molar-refractivity contribution in [2.75, 3.05) is 32.2 Å². The maximum Gasteiger partial charge on any atom is 0.303 e. The van der Waals surface area contributed by atoms with Gasteiger partial charge in [0.2, 0.25) is 5.91 Å². The van der Waals surface area contributed by atoms with Crippen LogP contribution >= 0.6 is 67.8 Å². The predicted octanol–water partition coefficient (Wildman–Crippen LogP) is 2.31. The van der Waals surface area contributed by atoms with Gasteiger partial charge in [0.25, 0.3) is 5.91 Å². The minimum atomic E-state index is -0.819. The number of anilines is 1. The lowest BCUT2D eigenvalue weighted by Crippen LogP contribution is -2.38. The highest BCUT2D eigenvalue weighted by atomic mass is 127. The van der Waals surface area contributed by atoms with Crippen LogP contribution in [0.1, 0.15) is 24.2 Å².